The second kappa shape index (κ2) is 6.80. The summed E-state index contributed by atoms with van der Waals surface area (Å²) < 4.78 is 27.8. The van der Waals surface area contributed by atoms with Gasteiger partial charge in [-0.25, -0.2) is 12.4 Å². The van der Waals surface area contributed by atoms with Gasteiger partial charge in [-0.3, -0.25) is 4.79 Å². The lowest BCUT2D eigenvalue weighted by atomic mass is 10.1. The van der Waals surface area contributed by atoms with E-state index >= 15 is 0 Å². The summed E-state index contributed by atoms with van der Waals surface area (Å²) in [6.45, 7) is 0. The molecule has 4 aromatic rings. The van der Waals surface area contributed by atoms with E-state index < -0.39 is 15.8 Å². The van der Waals surface area contributed by atoms with Gasteiger partial charge in [-0.1, -0.05) is 36.4 Å². The topological polar surface area (TPSA) is 79.9 Å². The van der Waals surface area contributed by atoms with Crippen molar-refractivity contribution in [3.8, 4) is 6.07 Å². The maximum atomic E-state index is 13.3. The molecule has 0 amide bonds. The van der Waals surface area contributed by atoms with Crippen molar-refractivity contribution < 1.29 is 13.2 Å². The number of ketones is 1. The van der Waals surface area contributed by atoms with Gasteiger partial charge in [-0.05, 0) is 48.5 Å². The van der Waals surface area contributed by atoms with Crippen LogP contribution in [0.3, 0.4) is 0 Å². The number of benzene rings is 3. The SMILES string of the molecule is N#Cc1ccc(C(=O)c2cc3ccccc3n2S(=O)(=O)c2ccccc2)cc1. The van der Waals surface area contributed by atoms with E-state index in [-0.39, 0.29) is 10.6 Å². The van der Waals surface area contributed by atoms with Crippen LogP contribution in [-0.4, -0.2) is 18.2 Å². The molecule has 0 aliphatic carbocycles. The van der Waals surface area contributed by atoms with Crippen LogP contribution in [0, 0.1) is 11.3 Å². The fraction of sp³-hybridized carbons (Fsp3) is 0. The van der Waals surface area contributed by atoms with Crippen molar-refractivity contribution in [1.82, 2.24) is 3.97 Å². The van der Waals surface area contributed by atoms with Crippen LogP contribution in [0.4, 0.5) is 0 Å². The van der Waals surface area contributed by atoms with E-state index in [1.54, 1.807) is 48.5 Å². The van der Waals surface area contributed by atoms with Crippen molar-refractivity contribution in [3.05, 3.63) is 102 Å². The molecule has 4 rings (SSSR count). The van der Waals surface area contributed by atoms with Gasteiger partial charge in [0.2, 0.25) is 5.78 Å². The first-order valence-corrected chi connectivity index (χ1v) is 9.92. The van der Waals surface area contributed by atoms with Crippen LogP contribution in [0.2, 0.25) is 0 Å². The highest BCUT2D eigenvalue weighted by Gasteiger charge is 2.26. The summed E-state index contributed by atoms with van der Waals surface area (Å²) in [6.07, 6.45) is 0. The Kier molecular flexibility index (Phi) is 4.30. The molecule has 0 aliphatic heterocycles. The molecule has 3 aromatic carbocycles. The molecule has 6 heteroatoms. The normalized spacial score (nSPS) is 11.2. The fourth-order valence-corrected chi connectivity index (χ4v) is 4.62. The third kappa shape index (κ3) is 2.88. The molecule has 0 atom stereocenters. The first-order chi connectivity index (χ1) is 13.5. The lowest BCUT2D eigenvalue weighted by Crippen LogP contribution is -2.19. The molecule has 0 aliphatic rings. The average molecular weight is 386 g/mol. The molecule has 0 spiro atoms. The zero-order valence-electron chi connectivity index (χ0n) is 14.6. The monoisotopic (exact) mass is 386 g/mol. The quantitative estimate of drug-likeness (QED) is 0.497. The minimum Gasteiger partial charge on any atom is -0.287 e. The van der Waals surface area contributed by atoms with E-state index in [4.69, 9.17) is 5.26 Å². The van der Waals surface area contributed by atoms with E-state index in [2.05, 4.69) is 0 Å². The van der Waals surface area contributed by atoms with Crippen LogP contribution in [-0.2, 0) is 10.0 Å². The summed E-state index contributed by atoms with van der Waals surface area (Å²) in [5.74, 6) is -0.430. The summed E-state index contributed by atoms with van der Waals surface area (Å²) in [5, 5.41) is 9.59. The van der Waals surface area contributed by atoms with Crippen molar-refractivity contribution in [1.29, 1.82) is 5.26 Å². The molecule has 0 N–H and O–H groups in total. The van der Waals surface area contributed by atoms with Crippen LogP contribution >= 0.6 is 0 Å². The molecule has 5 nitrogen and oxygen atoms in total. The lowest BCUT2D eigenvalue weighted by Gasteiger charge is -2.11. The zero-order chi connectivity index (χ0) is 19.7. The van der Waals surface area contributed by atoms with Crippen LogP contribution in [0.1, 0.15) is 21.6 Å². The highest BCUT2D eigenvalue weighted by atomic mass is 32.2. The van der Waals surface area contributed by atoms with E-state index in [1.807, 2.05) is 6.07 Å². The Morgan fingerprint density at radius 2 is 1.50 bits per heavy atom. The number of rotatable bonds is 4. The third-order valence-corrected chi connectivity index (χ3v) is 6.20. The van der Waals surface area contributed by atoms with Crippen LogP contribution < -0.4 is 0 Å². The second-order valence-corrected chi connectivity index (χ2v) is 7.98. The Balaban J connectivity index is 1.96. The number of para-hydroxylation sites is 1. The summed E-state index contributed by atoms with van der Waals surface area (Å²) >= 11 is 0. The van der Waals surface area contributed by atoms with E-state index in [0.29, 0.717) is 22.0 Å². The van der Waals surface area contributed by atoms with E-state index in [0.717, 1.165) is 3.97 Å². The van der Waals surface area contributed by atoms with Gasteiger partial charge in [-0.15, -0.1) is 0 Å². The van der Waals surface area contributed by atoms with Gasteiger partial charge in [-0.2, -0.15) is 5.26 Å². The van der Waals surface area contributed by atoms with Gasteiger partial charge < -0.3 is 0 Å². The standard InChI is InChI=1S/C22H14N2O3S/c23-15-16-10-12-17(13-11-16)22(25)21-14-18-6-4-5-9-20(18)24(21)28(26,27)19-7-2-1-3-8-19/h1-14H. The number of nitrogens with zero attached hydrogens (tertiary/aromatic N) is 2. The molecule has 136 valence electrons. The van der Waals surface area contributed by atoms with E-state index in [9.17, 15) is 13.2 Å². The highest BCUT2D eigenvalue weighted by Crippen LogP contribution is 2.27. The molecule has 0 bridgehead atoms. The molecular weight excluding hydrogens is 372 g/mol. The van der Waals surface area contributed by atoms with Gasteiger partial charge in [0.05, 0.1) is 22.0 Å². The Hall–Kier alpha value is -3.69. The summed E-state index contributed by atoms with van der Waals surface area (Å²) in [4.78, 5) is 13.2. The van der Waals surface area contributed by atoms with Crippen LogP contribution in [0.25, 0.3) is 10.9 Å². The summed E-state index contributed by atoms with van der Waals surface area (Å²) in [5.41, 5.74) is 1.22. The molecule has 0 radical (unpaired) electrons. The van der Waals surface area contributed by atoms with Gasteiger partial charge in [0.1, 0.15) is 5.69 Å². The molecular formula is C22H14N2O3S. The number of carbonyl (C=O) groups is 1. The minimum atomic E-state index is -3.98. The number of nitriles is 1. The van der Waals surface area contributed by atoms with Gasteiger partial charge >= 0.3 is 0 Å². The Labute approximate surface area is 162 Å². The third-order valence-electron chi connectivity index (χ3n) is 4.46. The Morgan fingerprint density at radius 1 is 0.857 bits per heavy atom. The van der Waals surface area contributed by atoms with Crippen LogP contribution in [0.5, 0.6) is 0 Å². The smallest absolute Gasteiger partial charge is 0.268 e. The maximum Gasteiger partial charge on any atom is 0.268 e. The Bertz CT molecular complexity index is 1330. The molecule has 0 fully saturated rings. The minimum absolute atomic E-state index is 0.0507. The molecule has 0 saturated heterocycles. The van der Waals surface area contributed by atoms with Crippen molar-refractivity contribution in [2.24, 2.45) is 0 Å². The number of aromatic nitrogens is 1. The highest BCUT2D eigenvalue weighted by molar-refractivity contribution is 7.90. The predicted molar refractivity (Wildman–Crippen MR) is 106 cm³/mol. The first-order valence-electron chi connectivity index (χ1n) is 8.48. The molecule has 1 heterocycles. The second-order valence-electron chi connectivity index (χ2n) is 6.19. The lowest BCUT2D eigenvalue weighted by molar-refractivity contribution is 0.103. The van der Waals surface area contributed by atoms with Crippen molar-refractivity contribution in [2.45, 2.75) is 4.90 Å². The summed E-state index contributed by atoms with van der Waals surface area (Å²) in [6, 6.07) is 24.7. The van der Waals surface area contributed by atoms with E-state index in [1.165, 1.54) is 36.4 Å². The average Bonchev–Trinajstić information content (AvgIpc) is 3.14. The van der Waals surface area contributed by atoms with Gasteiger partial charge in [0.25, 0.3) is 10.0 Å². The molecule has 1 aromatic heterocycles. The molecule has 0 saturated carbocycles. The van der Waals surface area contributed by atoms with Crippen LogP contribution in [0.15, 0.2) is 89.8 Å². The first kappa shape index (κ1) is 17.7. The maximum absolute atomic E-state index is 13.3. The number of hydrogen-bond donors (Lipinski definition) is 0. The fourth-order valence-electron chi connectivity index (χ4n) is 3.09. The Morgan fingerprint density at radius 3 is 2.18 bits per heavy atom. The van der Waals surface area contributed by atoms with Crippen molar-refractivity contribution >= 4 is 26.7 Å². The van der Waals surface area contributed by atoms with Gasteiger partial charge in [0.15, 0.2) is 0 Å². The number of carbonyl (C=O) groups excluding carboxylic acids is 1. The molecule has 0 unspecified atom stereocenters. The number of hydrogen-bond acceptors (Lipinski definition) is 4. The summed E-state index contributed by atoms with van der Waals surface area (Å²) in [7, 11) is -3.98. The van der Waals surface area contributed by atoms with Gasteiger partial charge in [0, 0.05) is 10.9 Å². The van der Waals surface area contributed by atoms with Crippen molar-refractivity contribution in [2.75, 3.05) is 0 Å². The zero-order valence-corrected chi connectivity index (χ0v) is 15.4. The molecule has 28 heavy (non-hydrogen) atoms. The largest absolute Gasteiger partial charge is 0.287 e. The van der Waals surface area contributed by atoms with Crippen molar-refractivity contribution in [3.63, 3.8) is 0 Å². The number of fused-ring (bicyclic) bond motifs is 1. The predicted octanol–water partition coefficient (Wildman–Crippen LogP) is 3.98.